The van der Waals surface area contributed by atoms with E-state index in [4.69, 9.17) is 9.47 Å². The average Bonchev–Trinajstić information content (AvgIpc) is 2.68. The van der Waals surface area contributed by atoms with Crippen molar-refractivity contribution in [1.82, 2.24) is 5.32 Å². The number of nitrogens with one attached hydrogen (secondary N) is 1. The molecule has 0 radical (unpaired) electrons. The maximum Gasteiger partial charge on any atom is 0.185 e. The zero-order valence-corrected chi connectivity index (χ0v) is 7.63. The van der Waals surface area contributed by atoms with Crippen molar-refractivity contribution in [3.8, 4) is 0 Å². The van der Waals surface area contributed by atoms with Crippen LogP contribution in [-0.2, 0) is 9.47 Å². The van der Waals surface area contributed by atoms with Crippen LogP contribution in [0.3, 0.4) is 0 Å². The maximum absolute atomic E-state index is 5.30. The van der Waals surface area contributed by atoms with E-state index < -0.39 is 0 Å². The molecule has 1 N–H and O–H groups in total. The summed E-state index contributed by atoms with van der Waals surface area (Å²) < 4.78 is 10.3. The van der Waals surface area contributed by atoms with Crippen molar-refractivity contribution in [1.29, 1.82) is 0 Å². The van der Waals surface area contributed by atoms with Gasteiger partial charge in [0.05, 0.1) is 0 Å². The van der Waals surface area contributed by atoms with E-state index in [2.05, 4.69) is 19.2 Å². The van der Waals surface area contributed by atoms with Gasteiger partial charge in [-0.1, -0.05) is 13.8 Å². The summed E-state index contributed by atoms with van der Waals surface area (Å²) >= 11 is 0. The molecule has 0 spiro atoms. The van der Waals surface area contributed by atoms with E-state index in [0.29, 0.717) is 12.0 Å². The highest BCUT2D eigenvalue weighted by Gasteiger charge is 2.45. The van der Waals surface area contributed by atoms with Gasteiger partial charge in [0.2, 0.25) is 0 Å². The van der Waals surface area contributed by atoms with Crippen molar-refractivity contribution < 1.29 is 9.47 Å². The minimum atomic E-state index is 0.0230. The highest BCUT2D eigenvalue weighted by molar-refractivity contribution is 4.90. The van der Waals surface area contributed by atoms with Crippen LogP contribution in [0.5, 0.6) is 0 Å². The zero-order valence-electron chi connectivity index (χ0n) is 7.63. The molecule has 1 aliphatic rings. The van der Waals surface area contributed by atoms with Gasteiger partial charge >= 0.3 is 0 Å². The number of likely N-dealkylation sites (N-methyl/N-ethyl adjacent to an activating group) is 1. The number of hydrogen-bond donors (Lipinski definition) is 1. The Morgan fingerprint density at radius 1 is 1.45 bits per heavy atom. The first kappa shape index (κ1) is 8.97. The minimum Gasteiger partial charge on any atom is -0.353 e. The van der Waals surface area contributed by atoms with Gasteiger partial charge in [-0.2, -0.15) is 0 Å². The van der Waals surface area contributed by atoms with Gasteiger partial charge in [0, 0.05) is 13.2 Å². The fourth-order valence-corrected chi connectivity index (χ4v) is 1.43. The van der Waals surface area contributed by atoms with E-state index >= 15 is 0 Å². The quantitative estimate of drug-likeness (QED) is 0.610. The summed E-state index contributed by atoms with van der Waals surface area (Å²) in [4.78, 5) is 0. The molecule has 0 aromatic carbocycles. The molecule has 0 aliphatic carbocycles. The summed E-state index contributed by atoms with van der Waals surface area (Å²) in [6.07, 6.45) is 0.278. The Hall–Kier alpha value is -0.120. The predicted molar refractivity (Wildman–Crippen MR) is 43.4 cm³/mol. The van der Waals surface area contributed by atoms with Crippen LogP contribution in [0.4, 0.5) is 0 Å². The number of hydrogen-bond acceptors (Lipinski definition) is 3. The van der Waals surface area contributed by atoms with Gasteiger partial charge in [-0.05, 0) is 13.0 Å². The van der Waals surface area contributed by atoms with Gasteiger partial charge < -0.3 is 14.8 Å². The van der Waals surface area contributed by atoms with Crippen LogP contribution in [0.25, 0.3) is 0 Å². The van der Waals surface area contributed by atoms with E-state index in [0.717, 1.165) is 0 Å². The van der Waals surface area contributed by atoms with Crippen LogP contribution in [0.1, 0.15) is 13.8 Å². The standard InChI is InChI=1S/C8H17NO2/c1-5(2)6(9-3)7-8(10-4)11-7/h5-9H,1-4H3. The SMILES string of the molecule is CNC(C(C)C)C1OC1OC. The highest BCUT2D eigenvalue weighted by atomic mass is 16.8. The lowest BCUT2D eigenvalue weighted by molar-refractivity contribution is 0.0950. The van der Waals surface area contributed by atoms with Gasteiger partial charge in [-0.3, -0.25) is 0 Å². The van der Waals surface area contributed by atoms with Gasteiger partial charge in [0.15, 0.2) is 6.29 Å². The van der Waals surface area contributed by atoms with Gasteiger partial charge in [0.1, 0.15) is 6.10 Å². The second-order valence-corrected chi connectivity index (χ2v) is 3.26. The van der Waals surface area contributed by atoms with Gasteiger partial charge in [-0.25, -0.2) is 0 Å². The smallest absolute Gasteiger partial charge is 0.185 e. The average molecular weight is 159 g/mol. The second kappa shape index (κ2) is 3.52. The summed E-state index contributed by atoms with van der Waals surface area (Å²) in [6, 6.07) is 0.417. The van der Waals surface area contributed by atoms with E-state index in [1.54, 1.807) is 7.11 Å². The first-order valence-electron chi connectivity index (χ1n) is 4.06. The lowest BCUT2D eigenvalue weighted by Crippen LogP contribution is -2.37. The molecule has 1 aliphatic heterocycles. The second-order valence-electron chi connectivity index (χ2n) is 3.26. The molecule has 3 heteroatoms. The lowest BCUT2D eigenvalue weighted by Gasteiger charge is -2.17. The zero-order chi connectivity index (χ0) is 8.43. The van der Waals surface area contributed by atoms with Crippen molar-refractivity contribution in [2.75, 3.05) is 14.2 Å². The van der Waals surface area contributed by atoms with E-state index in [-0.39, 0.29) is 12.4 Å². The van der Waals surface area contributed by atoms with Crippen LogP contribution < -0.4 is 5.32 Å². The molecule has 1 saturated heterocycles. The number of rotatable bonds is 4. The molecule has 11 heavy (non-hydrogen) atoms. The van der Waals surface area contributed by atoms with Crippen LogP contribution in [-0.4, -0.2) is 32.6 Å². The highest BCUT2D eigenvalue weighted by Crippen LogP contribution is 2.28. The summed E-state index contributed by atoms with van der Waals surface area (Å²) in [6.45, 7) is 4.35. The summed E-state index contributed by atoms with van der Waals surface area (Å²) in [7, 11) is 3.64. The third-order valence-electron chi connectivity index (χ3n) is 2.12. The largest absolute Gasteiger partial charge is 0.353 e. The van der Waals surface area contributed by atoms with E-state index in [9.17, 15) is 0 Å². The van der Waals surface area contributed by atoms with Gasteiger partial charge in [-0.15, -0.1) is 0 Å². The molecule has 0 aromatic rings. The molecule has 3 unspecified atom stereocenters. The fraction of sp³-hybridized carbons (Fsp3) is 1.00. The van der Waals surface area contributed by atoms with Crippen LogP contribution >= 0.6 is 0 Å². The molecule has 1 fully saturated rings. The van der Waals surface area contributed by atoms with Crippen molar-refractivity contribution >= 4 is 0 Å². The van der Waals surface area contributed by atoms with Crippen molar-refractivity contribution in [2.24, 2.45) is 5.92 Å². The van der Waals surface area contributed by atoms with Crippen LogP contribution in [0.2, 0.25) is 0 Å². The Labute approximate surface area is 68.1 Å². The molecule has 0 bridgehead atoms. The summed E-state index contributed by atoms with van der Waals surface area (Å²) in [5.41, 5.74) is 0. The number of ether oxygens (including phenoxy) is 2. The normalized spacial score (nSPS) is 32.5. The number of epoxide rings is 1. The molecule has 0 saturated carbocycles. The van der Waals surface area contributed by atoms with Crippen LogP contribution in [0.15, 0.2) is 0 Å². The Morgan fingerprint density at radius 2 is 2.09 bits per heavy atom. The Morgan fingerprint density at radius 3 is 2.36 bits per heavy atom. The molecule has 1 heterocycles. The summed E-state index contributed by atoms with van der Waals surface area (Å²) in [5, 5.41) is 3.22. The molecular formula is C8H17NO2. The van der Waals surface area contributed by atoms with Crippen molar-refractivity contribution in [3.05, 3.63) is 0 Å². The first-order chi connectivity index (χ1) is 5.20. The Balaban J connectivity index is 2.33. The van der Waals surface area contributed by atoms with Crippen molar-refractivity contribution in [2.45, 2.75) is 32.3 Å². The van der Waals surface area contributed by atoms with E-state index in [1.807, 2.05) is 7.05 Å². The Bertz CT molecular complexity index is 127. The summed E-state index contributed by atoms with van der Waals surface area (Å²) in [5.74, 6) is 0.588. The monoisotopic (exact) mass is 159 g/mol. The number of methoxy groups -OCH3 is 1. The van der Waals surface area contributed by atoms with Crippen LogP contribution in [0, 0.1) is 5.92 Å². The molecule has 1 rings (SSSR count). The molecule has 3 nitrogen and oxygen atoms in total. The van der Waals surface area contributed by atoms with E-state index in [1.165, 1.54) is 0 Å². The fourth-order valence-electron chi connectivity index (χ4n) is 1.43. The predicted octanol–water partition coefficient (Wildman–Crippen LogP) is 0.602. The third-order valence-corrected chi connectivity index (χ3v) is 2.12. The first-order valence-corrected chi connectivity index (χ1v) is 4.06. The maximum atomic E-state index is 5.30. The Kier molecular flexibility index (Phi) is 2.87. The molecule has 66 valence electrons. The molecule has 3 atom stereocenters. The van der Waals surface area contributed by atoms with Gasteiger partial charge in [0.25, 0.3) is 0 Å². The van der Waals surface area contributed by atoms with Crippen molar-refractivity contribution in [3.63, 3.8) is 0 Å². The third kappa shape index (κ3) is 1.92. The molecule has 0 aromatic heterocycles. The lowest BCUT2D eigenvalue weighted by atomic mass is 10.0. The molecular weight excluding hydrogens is 142 g/mol. The topological polar surface area (TPSA) is 33.8 Å². The molecule has 0 amide bonds. The minimum absolute atomic E-state index is 0.0230.